The van der Waals surface area contributed by atoms with Gasteiger partial charge >= 0.3 is 0 Å². The average molecular weight is 331 g/mol. The standard InChI is InChI=1S/C19H23FN2O2/c1-4-24-18-11-5-15(6-12-18)13-22(3)14(2)19(23)21-17-9-7-16(20)8-10-17/h5-12,14H,4,13H2,1-3H3,(H,21,23)/p+1/t14-/m0/s1. The van der Waals surface area contributed by atoms with Crippen LogP contribution in [0.3, 0.4) is 0 Å². The van der Waals surface area contributed by atoms with Crippen molar-refractivity contribution >= 4 is 11.6 Å². The van der Waals surface area contributed by atoms with Gasteiger partial charge in [-0.05, 0) is 62.4 Å². The van der Waals surface area contributed by atoms with Crippen LogP contribution in [0, 0.1) is 5.82 Å². The van der Waals surface area contributed by atoms with Gasteiger partial charge in [-0.25, -0.2) is 4.39 Å². The third-order valence-electron chi connectivity index (χ3n) is 3.96. The summed E-state index contributed by atoms with van der Waals surface area (Å²) in [6.07, 6.45) is 0. The van der Waals surface area contributed by atoms with Gasteiger partial charge in [0, 0.05) is 11.3 Å². The lowest BCUT2D eigenvalue weighted by Crippen LogP contribution is -3.12. The van der Waals surface area contributed by atoms with Gasteiger partial charge in [0.15, 0.2) is 6.04 Å². The van der Waals surface area contributed by atoms with Crippen LogP contribution >= 0.6 is 0 Å². The number of rotatable bonds is 7. The highest BCUT2D eigenvalue weighted by atomic mass is 19.1. The second-order valence-electron chi connectivity index (χ2n) is 5.82. The fourth-order valence-corrected chi connectivity index (χ4v) is 2.35. The van der Waals surface area contributed by atoms with Crippen LogP contribution in [0.4, 0.5) is 10.1 Å². The van der Waals surface area contributed by atoms with Crippen LogP contribution in [-0.2, 0) is 11.3 Å². The molecule has 0 aromatic heterocycles. The Morgan fingerprint density at radius 1 is 1.17 bits per heavy atom. The molecule has 0 bridgehead atoms. The predicted molar refractivity (Wildman–Crippen MR) is 92.7 cm³/mol. The second-order valence-corrected chi connectivity index (χ2v) is 5.82. The summed E-state index contributed by atoms with van der Waals surface area (Å²) < 4.78 is 18.3. The number of hydrogen-bond donors (Lipinski definition) is 2. The maximum absolute atomic E-state index is 12.9. The van der Waals surface area contributed by atoms with E-state index < -0.39 is 0 Å². The maximum Gasteiger partial charge on any atom is 0.282 e. The number of carbonyl (C=O) groups excluding carboxylic acids is 1. The van der Waals surface area contributed by atoms with Gasteiger partial charge in [-0.2, -0.15) is 0 Å². The maximum atomic E-state index is 12.9. The summed E-state index contributed by atoms with van der Waals surface area (Å²) in [4.78, 5) is 13.4. The van der Waals surface area contributed by atoms with Gasteiger partial charge in [0.25, 0.3) is 5.91 Å². The number of ether oxygens (including phenoxy) is 1. The molecule has 2 N–H and O–H groups in total. The number of carbonyl (C=O) groups is 1. The summed E-state index contributed by atoms with van der Waals surface area (Å²) in [5, 5.41) is 2.82. The van der Waals surface area contributed by atoms with Crippen molar-refractivity contribution in [1.29, 1.82) is 0 Å². The summed E-state index contributed by atoms with van der Waals surface area (Å²) in [5.74, 6) is 0.435. The monoisotopic (exact) mass is 331 g/mol. The first kappa shape index (κ1) is 17.9. The van der Waals surface area contributed by atoms with E-state index in [1.807, 2.05) is 45.2 Å². The van der Waals surface area contributed by atoms with Gasteiger partial charge in [-0.1, -0.05) is 0 Å². The molecule has 0 radical (unpaired) electrons. The van der Waals surface area contributed by atoms with Gasteiger partial charge in [0.1, 0.15) is 18.1 Å². The van der Waals surface area contributed by atoms with Crippen molar-refractivity contribution in [3.63, 3.8) is 0 Å². The van der Waals surface area contributed by atoms with E-state index in [4.69, 9.17) is 4.74 Å². The molecule has 24 heavy (non-hydrogen) atoms. The molecule has 2 aromatic carbocycles. The second kappa shape index (κ2) is 8.45. The Labute approximate surface area is 142 Å². The summed E-state index contributed by atoms with van der Waals surface area (Å²) in [7, 11) is 1.98. The lowest BCUT2D eigenvalue weighted by atomic mass is 10.1. The van der Waals surface area contributed by atoms with E-state index in [2.05, 4.69) is 5.32 Å². The van der Waals surface area contributed by atoms with Crippen molar-refractivity contribution in [3.05, 3.63) is 59.9 Å². The van der Waals surface area contributed by atoms with Crippen molar-refractivity contribution < 1.29 is 18.8 Å². The molecule has 0 aliphatic carbocycles. The molecule has 2 atom stereocenters. The molecule has 1 amide bonds. The summed E-state index contributed by atoms with van der Waals surface area (Å²) in [6, 6.07) is 13.4. The van der Waals surface area contributed by atoms with Crippen LogP contribution in [0.15, 0.2) is 48.5 Å². The van der Waals surface area contributed by atoms with E-state index in [1.54, 1.807) is 12.1 Å². The molecule has 128 valence electrons. The van der Waals surface area contributed by atoms with Gasteiger partial charge in [-0.3, -0.25) is 4.79 Å². The number of halogens is 1. The molecular weight excluding hydrogens is 307 g/mol. The third kappa shape index (κ3) is 5.06. The predicted octanol–water partition coefficient (Wildman–Crippen LogP) is 2.27. The Bertz CT molecular complexity index is 656. The van der Waals surface area contributed by atoms with Crippen LogP contribution in [0.25, 0.3) is 0 Å². The normalized spacial score (nSPS) is 13.2. The zero-order chi connectivity index (χ0) is 17.5. The van der Waals surface area contributed by atoms with Crippen molar-refractivity contribution in [2.45, 2.75) is 26.4 Å². The van der Waals surface area contributed by atoms with Crippen LogP contribution in [-0.4, -0.2) is 25.6 Å². The number of likely N-dealkylation sites (N-methyl/N-ethyl adjacent to an activating group) is 1. The average Bonchev–Trinajstić information content (AvgIpc) is 2.58. The smallest absolute Gasteiger partial charge is 0.282 e. The summed E-state index contributed by atoms with van der Waals surface area (Å²) in [5.41, 5.74) is 1.74. The molecule has 4 nitrogen and oxygen atoms in total. The molecule has 2 rings (SSSR count). The van der Waals surface area contributed by atoms with Crippen molar-refractivity contribution in [2.24, 2.45) is 0 Å². The summed E-state index contributed by atoms with van der Waals surface area (Å²) >= 11 is 0. The van der Waals surface area contributed by atoms with Gasteiger partial charge in [0.05, 0.1) is 13.7 Å². The molecule has 0 fully saturated rings. The van der Waals surface area contributed by atoms with Crippen LogP contribution in [0.1, 0.15) is 19.4 Å². The topological polar surface area (TPSA) is 42.8 Å². The molecule has 0 aliphatic rings. The molecule has 0 aliphatic heterocycles. The van der Waals surface area contributed by atoms with E-state index in [9.17, 15) is 9.18 Å². The molecule has 0 heterocycles. The lowest BCUT2D eigenvalue weighted by Gasteiger charge is -2.21. The molecular formula is C19H24FN2O2+. The highest BCUT2D eigenvalue weighted by Gasteiger charge is 2.22. The van der Waals surface area contributed by atoms with E-state index in [-0.39, 0.29) is 17.8 Å². The number of nitrogens with one attached hydrogen (secondary N) is 2. The van der Waals surface area contributed by atoms with E-state index in [0.29, 0.717) is 12.3 Å². The van der Waals surface area contributed by atoms with Gasteiger partial charge in [0.2, 0.25) is 0 Å². The minimum Gasteiger partial charge on any atom is -0.494 e. The first-order valence-electron chi connectivity index (χ1n) is 8.10. The van der Waals surface area contributed by atoms with Crippen molar-refractivity contribution in [1.82, 2.24) is 0 Å². The number of amides is 1. The van der Waals surface area contributed by atoms with Crippen LogP contribution < -0.4 is 15.0 Å². The quantitative estimate of drug-likeness (QED) is 0.817. The molecule has 1 unspecified atom stereocenters. The minimum absolute atomic E-state index is 0.0926. The van der Waals surface area contributed by atoms with Crippen molar-refractivity contribution in [3.8, 4) is 5.75 Å². The zero-order valence-corrected chi connectivity index (χ0v) is 14.3. The fraction of sp³-hybridized carbons (Fsp3) is 0.316. The Morgan fingerprint density at radius 2 is 1.79 bits per heavy atom. The molecule has 5 heteroatoms. The Balaban J connectivity index is 1.91. The van der Waals surface area contributed by atoms with Crippen molar-refractivity contribution in [2.75, 3.05) is 19.0 Å². The Hall–Kier alpha value is -2.40. The number of quaternary nitrogens is 1. The van der Waals surface area contributed by atoms with Gasteiger partial charge < -0.3 is 15.0 Å². The number of hydrogen-bond acceptors (Lipinski definition) is 2. The highest BCUT2D eigenvalue weighted by molar-refractivity contribution is 5.93. The first-order chi connectivity index (χ1) is 11.5. The minimum atomic E-state index is -0.320. The van der Waals surface area contributed by atoms with E-state index >= 15 is 0 Å². The molecule has 0 saturated carbocycles. The van der Waals surface area contributed by atoms with Gasteiger partial charge in [-0.15, -0.1) is 0 Å². The molecule has 2 aromatic rings. The van der Waals surface area contributed by atoms with Crippen LogP contribution in [0.2, 0.25) is 0 Å². The largest absolute Gasteiger partial charge is 0.494 e. The molecule has 0 saturated heterocycles. The van der Waals surface area contributed by atoms with E-state index in [0.717, 1.165) is 22.8 Å². The van der Waals surface area contributed by atoms with Crippen LogP contribution in [0.5, 0.6) is 5.75 Å². The Kier molecular flexibility index (Phi) is 6.32. The number of benzene rings is 2. The summed E-state index contributed by atoms with van der Waals surface area (Å²) in [6.45, 7) is 5.20. The lowest BCUT2D eigenvalue weighted by molar-refractivity contribution is -0.907. The third-order valence-corrected chi connectivity index (χ3v) is 3.96. The Morgan fingerprint density at radius 3 is 2.38 bits per heavy atom. The zero-order valence-electron chi connectivity index (χ0n) is 14.3. The fourth-order valence-electron chi connectivity index (χ4n) is 2.35. The van der Waals surface area contributed by atoms with E-state index in [1.165, 1.54) is 12.1 Å². The first-order valence-corrected chi connectivity index (χ1v) is 8.10. The number of anilines is 1. The highest BCUT2D eigenvalue weighted by Crippen LogP contribution is 2.11. The SMILES string of the molecule is CCOc1ccc(C[NH+](C)[C@@H](C)C(=O)Nc2ccc(F)cc2)cc1. The molecule has 0 spiro atoms.